The van der Waals surface area contributed by atoms with Crippen molar-refractivity contribution in [2.24, 2.45) is 5.16 Å². The predicted molar refractivity (Wildman–Crippen MR) is 73.0 cm³/mol. The van der Waals surface area contributed by atoms with E-state index in [1.807, 2.05) is 19.1 Å². The Morgan fingerprint density at radius 1 is 1.50 bits per heavy atom. The normalized spacial score (nSPS) is 14.1. The molecule has 4 heteroatoms. The van der Waals surface area contributed by atoms with Crippen LogP contribution in [0.3, 0.4) is 0 Å². The van der Waals surface area contributed by atoms with Crippen molar-refractivity contribution in [1.29, 1.82) is 0 Å². The van der Waals surface area contributed by atoms with Gasteiger partial charge in [0.2, 0.25) is 0 Å². The Kier molecular flexibility index (Phi) is 6.50. The van der Waals surface area contributed by atoms with Gasteiger partial charge in [0, 0.05) is 12.6 Å². The van der Waals surface area contributed by atoms with Crippen LogP contribution in [0.4, 0.5) is 0 Å². The van der Waals surface area contributed by atoms with Crippen LogP contribution in [0.15, 0.2) is 28.0 Å². The van der Waals surface area contributed by atoms with Gasteiger partial charge in [-0.25, -0.2) is 0 Å². The lowest BCUT2D eigenvalue weighted by Crippen LogP contribution is -2.37. The molecule has 0 aliphatic heterocycles. The molecular weight excluding hydrogens is 228 g/mol. The highest BCUT2D eigenvalue weighted by atomic mass is 16.4. The Labute approximate surface area is 109 Å². The van der Waals surface area contributed by atoms with Gasteiger partial charge in [-0.2, -0.15) is 0 Å². The molecule has 0 saturated heterocycles. The van der Waals surface area contributed by atoms with Gasteiger partial charge in [-0.15, -0.1) is 0 Å². The van der Waals surface area contributed by atoms with Crippen molar-refractivity contribution in [3.63, 3.8) is 0 Å². The van der Waals surface area contributed by atoms with E-state index in [0.29, 0.717) is 12.6 Å². The van der Waals surface area contributed by atoms with Crippen molar-refractivity contribution in [3.8, 4) is 0 Å². The van der Waals surface area contributed by atoms with Gasteiger partial charge in [0.05, 0.1) is 18.5 Å². The zero-order valence-electron chi connectivity index (χ0n) is 11.6. The molecule has 0 amide bonds. The van der Waals surface area contributed by atoms with E-state index < -0.39 is 0 Å². The number of rotatable bonds is 8. The Balaban J connectivity index is 2.72. The van der Waals surface area contributed by atoms with Crippen LogP contribution in [0.25, 0.3) is 0 Å². The molecule has 1 atom stereocenters. The zero-order chi connectivity index (χ0) is 13.4. The summed E-state index contributed by atoms with van der Waals surface area (Å²) in [4.78, 5) is 2.32. The van der Waals surface area contributed by atoms with Crippen LogP contribution in [-0.4, -0.2) is 28.4 Å². The van der Waals surface area contributed by atoms with E-state index in [4.69, 9.17) is 9.62 Å². The molecule has 1 rings (SSSR count). The molecule has 0 bridgehead atoms. The van der Waals surface area contributed by atoms with Gasteiger partial charge in [-0.05, 0) is 31.9 Å². The molecule has 0 radical (unpaired) electrons. The van der Waals surface area contributed by atoms with E-state index in [0.717, 1.165) is 37.3 Å². The maximum absolute atomic E-state index is 8.83. The first-order valence-corrected chi connectivity index (χ1v) is 6.65. The highest BCUT2D eigenvalue weighted by Gasteiger charge is 2.18. The molecule has 0 aliphatic rings. The minimum Gasteiger partial charge on any atom is -0.468 e. The SMILES string of the molecule is CCCC(CC)N(C/C(C)=N/O)Cc1ccco1. The van der Waals surface area contributed by atoms with Crippen molar-refractivity contribution in [3.05, 3.63) is 24.2 Å². The monoisotopic (exact) mass is 252 g/mol. The molecule has 1 aromatic heterocycles. The highest BCUT2D eigenvalue weighted by Crippen LogP contribution is 2.15. The minimum absolute atomic E-state index is 0.497. The molecule has 1 N–H and O–H groups in total. The largest absolute Gasteiger partial charge is 0.468 e. The fourth-order valence-electron chi connectivity index (χ4n) is 2.22. The summed E-state index contributed by atoms with van der Waals surface area (Å²) in [6.07, 6.45) is 5.09. The van der Waals surface area contributed by atoms with Crippen LogP contribution < -0.4 is 0 Å². The Bertz CT molecular complexity index is 347. The van der Waals surface area contributed by atoms with E-state index in [2.05, 4.69) is 23.9 Å². The third kappa shape index (κ3) is 4.53. The second-order valence-electron chi connectivity index (χ2n) is 4.67. The van der Waals surface area contributed by atoms with E-state index in [1.165, 1.54) is 0 Å². The quantitative estimate of drug-likeness (QED) is 0.437. The fraction of sp³-hybridized carbons (Fsp3) is 0.643. The molecule has 0 spiro atoms. The maximum Gasteiger partial charge on any atom is 0.117 e. The molecule has 4 nitrogen and oxygen atoms in total. The summed E-state index contributed by atoms with van der Waals surface area (Å²) in [5.41, 5.74) is 0.733. The molecule has 0 aromatic carbocycles. The lowest BCUT2D eigenvalue weighted by molar-refractivity contribution is 0.181. The zero-order valence-corrected chi connectivity index (χ0v) is 11.6. The minimum atomic E-state index is 0.497. The maximum atomic E-state index is 8.83. The summed E-state index contributed by atoms with van der Waals surface area (Å²) >= 11 is 0. The fourth-order valence-corrected chi connectivity index (χ4v) is 2.22. The molecule has 18 heavy (non-hydrogen) atoms. The van der Waals surface area contributed by atoms with Gasteiger partial charge in [-0.1, -0.05) is 25.4 Å². The van der Waals surface area contributed by atoms with Gasteiger partial charge in [0.1, 0.15) is 5.76 Å². The van der Waals surface area contributed by atoms with Crippen LogP contribution in [-0.2, 0) is 6.54 Å². The second-order valence-corrected chi connectivity index (χ2v) is 4.67. The van der Waals surface area contributed by atoms with Crippen LogP contribution in [0.2, 0.25) is 0 Å². The van der Waals surface area contributed by atoms with Crippen molar-refractivity contribution in [1.82, 2.24) is 4.90 Å². The second kappa shape index (κ2) is 7.93. The summed E-state index contributed by atoms with van der Waals surface area (Å²) in [7, 11) is 0. The smallest absolute Gasteiger partial charge is 0.117 e. The topological polar surface area (TPSA) is 49.0 Å². The molecule has 102 valence electrons. The van der Waals surface area contributed by atoms with Crippen LogP contribution in [0, 0.1) is 0 Å². The van der Waals surface area contributed by atoms with Gasteiger partial charge in [-0.3, -0.25) is 4.90 Å². The number of furan rings is 1. The highest BCUT2D eigenvalue weighted by molar-refractivity contribution is 5.83. The summed E-state index contributed by atoms with van der Waals surface area (Å²) in [5.74, 6) is 0.954. The van der Waals surface area contributed by atoms with Gasteiger partial charge in [0.15, 0.2) is 0 Å². The lowest BCUT2D eigenvalue weighted by atomic mass is 10.1. The average molecular weight is 252 g/mol. The first kappa shape index (κ1) is 14.8. The standard InChI is InChI=1S/C14H24N2O2/c1-4-7-13(5-2)16(10-12(3)15-17)11-14-8-6-9-18-14/h6,8-9,13,17H,4-5,7,10-11H2,1-3H3/b15-12+. The van der Waals surface area contributed by atoms with Crippen molar-refractivity contribution >= 4 is 5.71 Å². The third-order valence-corrected chi connectivity index (χ3v) is 3.15. The van der Waals surface area contributed by atoms with E-state index >= 15 is 0 Å². The van der Waals surface area contributed by atoms with Crippen molar-refractivity contribution in [2.75, 3.05) is 6.54 Å². The van der Waals surface area contributed by atoms with Gasteiger partial charge >= 0.3 is 0 Å². The summed E-state index contributed by atoms with van der Waals surface area (Å²) in [6.45, 7) is 7.67. The molecule has 1 heterocycles. The lowest BCUT2D eigenvalue weighted by Gasteiger charge is -2.29. The van der Waals surface area contributed by atoms with Crippen LogP contribution in [0.1, 0.15) is 45.8 Å². The van der Waals surface area contributed by atoms with Gasteiger partial charge in [0.25, 0.3) is 0 Å². The summed E-state index contributed by atoms with van der Waals surface area (Å²) < 4.78 is 5.41. The Hall–Kier alpha value is -1.29. The third-order valence-electron chi connectivity index (χ3n) is 3.15. The first-order chi connectivity index (χ1) is 8.71. The number of oxime groups is 1. The van der Waals surface area contributed by atoms with Crippen LogP contribution >= 0.6 is 0 Å². The van der Waals surface area contributed by atoms with Gasteiger partial charge < -0.3 is 9.62 Å². The predicted octanol–water partition coefficient (Wildman–Crippen LogP) is 3.51. The van der Waals surface area contributed by atoms with E-state index in [1.54, 1.807) is 6.26 Å². The van der Waals surface area contributed by atoms with Crippen LogP contribution in [0.5, 0.6) is 0 Å². The first-order valence-electron chi connectivity index (χ1n) is 6.65. The van der Waals surface area contributed by atoms with E-state index in [-0.39, 0.29) is 0 Å². The Morgan fingerprint density at radius 3 is 2.78 bits per heavy atom. The number of hydrogen-bond acceptors (Lipinski definition) is 4. The molecular formula is C14H24N2O2. The molecule has 0 fully saturated rings. The average Bonchev–Trinajstić information content (AvgIpc) is 2.87. The van der Waals surface area contributed by atoms with Crippen molar-refractivity contribution in [2.45, 2.75) is 52.6 Å². The molecule has 0 aliphatic carbocycles. The molecule has 1 unspecified atom stereocenters. The summed E-state index contributed by atoms with van der Waals surface area (Å²) in [5, 5.41) is 12.1. The number of nitrogens with zero attached hydrogens (tertiary/aromatic N) is 2. The Morgan fingerprint density at radius 2 is 2.28 bits per heavy atom. The van der Waals surface area contributed by atoms with Crippen molar-refractivity contribution < 1.29 is 9.62 Å². The number of hydrogen-bond donors (Lipinski definition) is 1. The summed E-state index contributed by atoms with van der Waals surface area (Å²) in [6, 6.07) is 4.38. The molecule has 0 saturated carbocycles. The molecule has 1 aromatic rings. The van der Waals surface area contributed by atoms with E-state index in [9.17, 15) is 0 Å².